The summed E-state index contributed by atoms with van der Waals surface area (Å²) in [7, 11) is 0. The first-order chi connectivity index (χ1) is 8.91. The highest BCUT2D eigenvalue weighted by molar-refractivity contribution is 5.50. The van der Waals surface area contributed by atoms with Crippen LogP contribution in [-0.4, -0.2) is 0 Å². The number of hydrazine groups is 1. The van der Waals surface area contributed by atoms with Gasteiger partial charge in [-0.25, -0.2) is 0 Å². The second-order valence-electron chi connectivity index (χ2n) is 5.09. The van der Waals surface area contributed by atoms with Crippen molar-refractivity contribution in [2.45, 2.75) is 37.9 Å². The molecule has 1 aliphatic rings. The fourth-order valence-corrected chi connectivity index (χ4v) is 2.40. The number of rotatable bonds is 4. The van der Waals surface area contributed by atoms with Gasteiger partial charge in [-0.1, -0.05) is 19.3 Å². The zero-order valence-corrected chi connectivity index (χ0v) is 10.5. The molecule has 1 saturated carbocycles. The fraction of sp³-hybridized carbons (Fsp3) is 0.538. The molecule has 1 aromatic rings. The minimum atomic E-state index is -4.36. The zero-order chi connectivity index (χ0) is 14.0. The molecule has 19 heavy (non-hydrogen) atoms. The topological polar surface area (TPSA) is 64.1 Å². The van der Waals surface area contributed by atoms with Crippen LogP contribution in [-0.2, 0) is 6.18 Å². The van der Waals surface area contributed by atoms with Gasteiger partial charge in [0.1, 0.15) is 0 Å². The Bertz CT molecular complexity index is 441. The third-order valence-electron chi connectivity index (χ3n) is 3.78. The van der Waals surface area contributed by atoms with Crippen molar-refractivity contribution in [3.05, 3.63) is 29.3 Å². The smallest absolute Gasteiger partial charge is 0.398 e. The second kappa shape index (κ2) is 5.38. The lowest BCUT2D eigenvalue weighted by Gasteiger charge is -2.30. The van der Waals surface area contributed by atoms with Crippen LogP contribution < -0.4 is 17.0 Å². The first-order valence-electron chi connectivity index (χ1n) is 6.34. The van der Waals surface area contributed by atoms with Gasteiger partial charge in [-0.2, -0.15) is 13.2 Å². The van der Waals surface area contributed by atoms with E-state index in [1.165, 1.54) is 12.5 Å². The van der Waals surface area contributed by atoms with Crippen molar-refractivity contribution in [3.8, 4) is 0 Å². The molecule has 0 heterocycles. The number of anilines is 1. The van der Waals surface area contributed by atoms with Gasteiger partial charge in [0.05, 0.1) is 5.56 Å². The zero-order valence-electron chi connectivity index (χ0n) is 10.5. The number of alkyl halides is 3. The molecule has 1 fully saturated rings. The molecule has 0 bridgehead atoms. The molecule has 1 aliphatic carbocycles. The van der Waals surface area contributed by atoms with E-state index in [1.54, 1.807) is 0 Å². The van der Waals surface area contributed by atoms with E-state index in [-0.39, 0.29) is 6.04 Å². The van der Waals surface area contributed by atoms with Gasteiger partial charge in [0, 0.05) is 11.7 Å². The van der Waals surface area contributed by atoms with E-state index in [0.29, 0.717) is 17.2 Å². The third kappa shape index (κ3) is 3.19. The maximum Gasteiger partial charge on any atom is 0.416 e. The summed E-state index contributed by atoms with van der Waals surface area (Å²) in [6, 6.07) is 3.06. The Balaban J connectivity index is 2.24. The summed E-state index contributed by atoms with van der Waals surface area (Å²) in [5, 5.41) is 0. The molecular weight excluding hydrogens is 255 g/mol. The van der Waals surface area contributed by atoms with Crippen molar-refractivity contribution >= 4 is 5.69 Å². The number of nitrogens with one attached hydrogen (secondary N) is 1. The average molecular weight is 273 g/mol. The minimum absolute atomic E-state index is 0.326. The predicted octanol–water partition coefficient (Wildman–Crippen LogP) is 2.98. The number of nitrogens with two attached hydrogens (primary N) is 2. The lowest BCUT2D eigenvalue weighted by Crippen LogP contribution is -2.31. The second-order valence-corrected chi connectivity index (χ2v) is 5.09. The van der Waals surface area contributed by atoms with E-state index in [0.717, 1.165) is 31.4 Å². The van der Waals surface area contributed by atoms with Crippen LogP contribution >= 0.6 is 0 Å². The highest BCUT2D eigenvalue weighted by Gasteiger charge is 2.32. The monoisotopic (exact) mass is 273 g/mol. The summed E-state index contributed by atoms with van der Waals surface area (Å²) < 4.78 is 38.1. The molecule has 1 aromatic carbocycles. The van der Waals surface area contributed by atoms with Crippen LogP contribution in [0.2, 0.25) is 0 Å². The van der Waals surface area contributed by atoms with Gasteiger partial charge < -0.3 is 5.73 Å². The summed E-state index contributed by atoms with van der Waals surface area (Å²) in [4.78, 5) is 0. The van der Waals surface area contributed by atoms with Crippen molar-refractivity contribution in [2.75, 3.05) is 5.73 Å². The van der Waals surface area contributed by atoms with Gasteiger partial charge in [-0.05, 0) is 36.1 Å². The maximum atomic E-state index is 12.7. The van der Waals surface area contributed by atoms with Gasteiger partial charge in [0.2, 0.25) is 0 Å². The molecule has 106 valence electrons. The molecule has 0 aliphatic heterocycles. The predicted molar refractivity (Wildman–Crippen MR) is 67.9 cm³/mol. The van der Waals surface area contributed by atoms with Gasteiger partial charge in [0.25, 0.3) is 0 Å². The average Bonchev–Trinajstić information content (AvgIpc) is 2.28. The van der Waals surface area contributed by atoms with Gasteiger partial charge >= 0.3 is 6.18 Å². The number of nitrogen functional groups attached to an aromatic ring is 1. The molecule has 0 aromatic heterocycles. The molecule has 5 N–H and O–H groups in total. The SMILES string of the molecule is NNC(CC1CCC1)c1cc(C(F)(F)F)ccc1N. The Hall–Kier alpha value is -1.27. The van der Waals surface area contributed by atoms with Crippen LogP contribution in [0.5, 0.6) is 0 Å². The molecule has 1 unspecified atom stereocenters. The van der Waals surface area contributed by atoms with Crippen molar-refractivity contribution in [3.63, 3.8) is 0 Å². The Kier molecular flexibility index (Phi) is 4.01. The normalized spacial score (nSPS) is 18.1. The first-order valence-corrected chi connectivity index (χ1v) is 6.34. The molecule has 6 heteroatoms. The van der Waals surface area contributed by atoms with E-state index in [1.807, 2.05) is 0 Å². The fourth-order valence-electron chi connectivity index (χ4n) is 2.40. The van der Waals surface area contributed by atoms with Crippen LogP contribution in [0.25, 0.3) is 0 Å². The lowest BCUT2D eigenvalue weighted by molar-refractivity contribution is -0.137. The molecule has 0 amide bonds. The Morgan fingerprint density at radius 1 is 1.32 bits per heavy atom. The summed E-state index contributed by atoms with van der Waals surface area (Å²) >= 11 is 0. The molecule has 0 radical (unpaired) electrons. The molecule has 3 nitrogen and oxygen atoms in total. The summed E-state index contributed by atoms with van der Waals surface area (Å²) in [5.41, 5.74) is 8.46. The molecular formula is C13H18F3N3. The Labute approximate surface area is 110 Å². The maximum absolute atomic E-state index is 12.7. The number of benzene rings is 1. The number of halogens is 3. The van der Waals surface area contributed by atoms with Crippen molar-refractivity contribution in [1.29, 1.82) is 0 Å². The van der Waals surface area contributed by atoms with Crippen LogP contribution in [0.1, 0.15) is 42.9 Å². The van der Waals surface area contributed by atoms with Crippen molar-refractivity contribution in [1.82, 2.24) is 5.43 Å². The van der Waals surface area contributed by atoms with Crippen molar-refractivity contribution in [2.24, 2.45) is 11.8 Å². The summed E-state index contributed by atoms with van der Waals surface area (Å²) in [6.45, 7) is 0. The molecule has 2 rings (SSSR count). The Morgan fingerprint density at radius 2 is 2.00 bits per heavy atom. The van der Waals surface area contributed by atoms with E-state index < -0.39 is 11.7 Å². The number of hydrogen-bond donors (Lipinski definition) is 3. The highest BCUT2D eigenvalue weighted by Crippen LogP contribution is 2.38. The van der Waals surface area contributed by atoms with Gasteiger partial charge in [0.15, 0.2) is 0 Å². The van der Waals surface area contributed by atoms with E-state index in [9.17, 15) is 13.2 Å². The summed E-state index contributed by atoms with van der Waals surface area (Å²) in [5.74, 6) is 6.00. The Morgan fingerprint density at radius 3 is 2.47 bits per heavy atom. The highest BCUT2D eigenvalue weighted by atomic mass is 19.4. The van der Waals surface area contributed by atoms with Crippen LogP contribution in [0.15, 0.2) is 18.2 Å². The number of hydrogen-bond acceptors (Lipinski definition) is 3. The first kappa shape index (κ1) is 14.1. The van der Waals surface area contributed by atoms with E-state index >= 15 is 0 Å². The molecule has 1 atom stereocenters. The molecule has 0 saturated heterocycles. The largest absolute Gasteiger partial charge is 0.416 e. The molecule has 0 spiro atoms. The van der Waals surface area contributed by atoms with Gasteiger partial charge in [-0.15, -0.1) is 0 Å². The summed E-state index contributed by atoms with van der Waals surface area (Å²) in [6.07, 6.45) is -0.242. The van der Waals surface area contributed by atoms with Crippen LogP contribution in [0.4, 0.5) is 18.9 Å². The van der Waals surface area contributed by atoms with Gasteiger partial charge in [-0.3, -0.25) is 11.3 Å². The van der Waals surface area contributed by atoms with E-state index in [2.05, 4.69) is 5.43 Å². The van der Waals surface area contributed by atoms with Crippen LogP contribution in [0.3, 0.4) is 0 Å². The van der Waals surface area contributed by atoms with E-state index in [4.69, 9.17) is 11.6 Å². The standard InChI is InChI=1S/C13H18F3N3/c14-13(15,16)9-4-5-11(17)10(7-9)12(19-18)6-8-2-1-3-8/h4-5,7-8,12,19H,1-3,6,17-18H2. The quantitative estimate of drug-likeness (QED) is 0.449. The van der Waals surface area contributed by atoms with Crippen LogP contribution in [0, 0.1) is 5.92 Å². The lowest BCUT2D eigenvalue weighted by atomic mass is 9.79. The third-order valence-corrected chi connectivity index (χ3v) is 3.78. The van der Waals surface area contributed by atoms with Crippen molar-refractivity contribution < 1.29 is 13.2 Å². The minimum Gasteiger partial charge on any atom is -0.398 e.